The zero-order valence-corrected chi connectivity index (χ0v) is 20.8. The van der Waals surface area contributed by atoms with E-state index in [9.17, 15) is 9.59 Å². The minimum atomic E-state index is -0.0473. The fourth-order valence-electron chi connectivity index (χ4n) is 4.29. The van der Waals surface area contributed by atoms with Gasteiger partial charge in [0.2, 0.25) is 5.91 Å². The van der Waals surface area contributed by atoms with Crippen LogP contribution in [0.3, 0.4) is 0 Å². The van der Waals surface area contributed by atoms with Crippen molar-refractivity contribution in [1.29, 1.82) is 0 Å². The number of nitrogens with zero attached hydrogens (tertiary/aromatic N) is 3. The van der Waals surface area contributed by atoms with Gasteiger partial charge in [0.1, 0.15) is 5.82 Å². The third kappa shape index (κ3) is 5.16. The lowest BCUT2D eigenvalue weighted by Crippen LogP contribution is -2.21. The van der Waals surface area contributed by atoms with Crippen LogP contribution in [0.1, 0.15) is 29.5 Å². The molecule has 0 aliphatic heterocycles. The standard InChI is InChI=1S/C29H26N4O2S/c1-20(34)30-17-7-14-28-31-32-29(33(28)26-13-6-11-22-9-4-5-12-25(22)26)36-19-27(35)24-16-15-21-8-2-3-10-23(21)18-24/h2-6,8-13,15-16,18H,7,14,17,19H2,1H3,(H,30,34). The van der Waals surface area contributed by atoms with E-state index in [-0.39, 0.29) is 17.4 Å². The van der Waals surface area contributed by atoms with Crippen molar-refractivity contribution in [3.8, 4) is 5.69 Å². The number of Topliss-reactive ketones (excluding diaryl/α,β-unsaturated/α-hetero) is 1. The normalized spacial score (nSPS) is 11.1. The second-order valence-electron chi connectivity index (χ2n) is 8.59. The molecule has 5 rings (SSSR count). The molecule has 0 saturated carbocycles. The topological polar surface area (TPSA) is 76.9 Å². The van der Waals surface area contributed by atoms with Gasteiger partial charge in [-0.2, -0.15) is 0 Å². The molecule has 0 fully saturated rings. The Labute approximate surface area is 213 Å². The fourth-order valence-corrected chi connectivity index (χ4v) is 5.15. The smallest absolute Gasteiger partial charge is 0.216 e. The maximum atomic E-state index is 13.1. The maximum absolute atomic E-state index is 13.1. The van der Waals surface area contributed by atoms with Gasteiger partial charge in [0.15, 0.2) is 10.9 Å². The van der Waals surface area contributed by atoms with Crippen LogP contribution in [0, 0.1) is 0 Å². The number of benzene rings is 4. The Kier molecular flexibility index (Phi) is 7.09. The van der Waals surface area contributed by atoms with Gasteiger partial charge >= 0.3 is 0 Å². The molecule has 36 heavy (non-hydrogen) atoms. The highest BCUT2D eigenvalue weighted by Crippen LogP contribution is 2.29. The molecular formula is C29H26N4O2S. The lowest BCUT2D eigenvalue weighted by Gasteiger charge is -2.13. The quantitative estimate of drug-likeness (QED) is 0.164. The monoisotopic (exact) mass is 494 g/mol. The molecule has 0 aliphatic carbocycles. The van der Waals surface area contributed by atoms with Gasteiger partial charge in [-0.05, 0) is 34.7 Å². The van der Waals surface area contributed by atoms with Crippen molar-refractivity contribution < 1.29 is 9.59 Å². The molecule has 0 saturated heterocycles. The number of hydrogen-bond acceptors (Lipinski definition) is 5. The first kappa shape index (κ1) is 23.8. The van der Waals surface area contributed by atoms with Gasteiger partial charge in [-0.3, -0.25) is 14.2 Å². The number of amides is 1. The van der Waals surface area contributed by atoms with Crippen molar-refractivity contribution in [2.24, 2.45) is 0 Å². The van der Waals surface area contributed by atoms with Crippen molar-refractivity contribution in [1.82, 2.24) is 20.1 Å². The maximum Gasteiger partial charge on any atom is 0.216 e. The van der Waals surface area contributed by atoms with Crippen molar-refractivity contribution in [2.75, 3.05) is 12.3 Å². The molecule has 0 atom stereocenters. The minimum Gasteiger partial charge on any atom is -0.356 e. The molecule has 7 heteroatoms. The predicted octanol–water partition coefficient (Wildman–Crippen LogP) is 5.62. The Balaban J connectivity index is 1.43. The third-order valence-corrected chi connectivity index (χ3v) is 6.99. The summed E-state index contributed by atoms with van der Waals surface area (Å²) >= 11 is 1.39. The SMILES string of the molecule is CC(=O)NCCCc1nnc(SCC(=O)c2ccc3ccccc3c2)n1-c1cccc2ccccc12. The van der Waals surface area contributed by atoms with E-state index in [0.29, 0.717) is 23.7 Å². The minimum absolute atomic E-state index is 0.0467. The van der Waals surface area contributed by atoms with E-state index in [1.807, 2.05) is 60.7 Å². The zero-order chi connectivity index (χ0) is 24.9. The summed E-state index contributed by atoms with van der Waals surface area (Å²) < 4.78 is 2.05. The van der Waals surface area contributed by atoms with Gasteiger partial charge in [0, 0.05) is 30.8 Å². The van der Waals surface area contributed by atoms with Gasteiger partial charge in [-0.15, -0.1) is 10.2 Å². The Bertz CT molecular complexity index is 1550. The second kappa shape index (κ2) is 10.7. The summed E-state index contributed by atoms with van der Waals surface area (Å²) in [6.45, 7) is 2.08. The highest BCUT2D eigenvalue weighted by atomic mass is 32.2. The number of ketones is 1. The molecule has 0 spiro atoms. The summed E-state index contributed by atoms with van der Waals surface area (Å²) in [6, 6.07) is 28.2. The lowest BCUT2D eigenvalue weighted by molar-refractivity contribution is -0.118. The van der Waals surface area contributed by atoms with Crippen molar-refractivity contribution in [3.05, 3.63) is 96.3 Å². The molecular weight excluding hydrogens is 468 g/mol. The number of carbonyl (C=O) groups excluding carboxylic acids is 2. The number of aryl methyl sites for hydroxylation is 1. The molecule has 1 N–H and O–H groups in total. The summed E-state index contributed by atoms with van der Waals surface area (Å²) in [5.41, 5.74) is 1.67. The molecule has 1 heterocycles. The number of hydrogen-bond donors (Lipinski definition) is 1. The summed E-state index contributed by atoms with van der Waals surface area (Å²) in [5, 5.41) is 16.8. The Morgan fingerprint density at radius 1 is 0.861 bits per heavy atom. The summed E-state index contributed by atoms with van der Waals surface area (Å²) in [7, 11) is 0. The van der Waals surface area contributed by atoms with Crippen molar-refractivity contribution >= 4 is 45.0 Å². The van der Waals surface area contributed by atoms with E-state index in [0.717, 1.165) is 39.5 Å². The average Bonchev–Trinajstić information content (AvgIpc) is 3.31. The van der Waals surface area contributed by atoms with Crippen LogP contribution >= 0.6 is 11.8 Å². The first-order valence-corrected chi connectivity index (χ1v) is 12.9. The molecule has 5 aromatic rings. The number of rotatable bonds is 9. The molecule has 0 radical (unpaired) electrons. The average molecular weight is 495 g/mol. The van der Waals surface area contributed by atoms with Gasteiger partial charge in [-0.1, -0.05) is 84.6 Å². The van der Waals surface area contributed by atoms with Crippen molar-refractivity contribution in [3.63, 3.8) is 0 Å². The predicted molar refractivity (Wildman–Crippen MR) is 145 cm³/mol. The zero-order valence-electron chi connectivity index (χ0n) is 20.0. The van der Waals surface area contributed by atoms with Crippen LogP contribution in [0.2, 0.25) is 0 Å². The summed E-state index contributed by atoms with van der Waals surface area (Å²) in [6.07, 6.45) is 1.39. The molecule has 6 nitrogen and oxygen atoms in total. The Hall–Kier alpha value is -3.97. The van der Waals surface area contributed by atoms with Crippen LogP contribution in [-0.2, 0) is 11.2 Å². The van der Waals surface area contributed by atoms with Crippen LogP contribution in [0.15, 0.2) is 90.1 Å². The van der Waals surface area contributed by atoms with Crippen LogP contribution in [0.25, 0.3) is 27.2 Å². The summed E-state index contributed by atoms with van der Waals surface area (Å²) in [4.78, 5) is 24.3. The van der Waals surface area contributed by atoms with Crippen LogP contribution in [0.4, 0.5) is 0 Å². The highest BCUT2D eigenvalue weighted by Gasteiger charge is 2.18. The van der Waals surface area contributed by atoms with E-state index in [1.165, 1.54) is 18.7 Å². The number of carbonyl (C=O) groups is 2. The van der Waals surface area contributed by atoms with Gasteiger partial charge in [0.25, 0.3) is 0 Å². The Morgan fingerprint density at radius 3 is 2.44 bits per heavy atom. The number of aromatic nitrogens is 3. The van der Waals surface area contributed by atoms with Gasteiger partial charge < -0.3 is 5.32 Å². The molecule has 180 valence electrons. The van der Waals surface area contributed by atoms with E-state index in [4.69, 9.17) is 0 Å². The number of fused-ring (bicyclic) bond motifs is 2. The largest absolute Gasteiger partial charge is 0.356 e. The molecule has 0 bridgehead atoms. The molecule has 4 aromatic carbocycles. The number of thioether (sulfide) groups is 1. The van der Waals surface area contributed by atoms with Crippen LogP contribution in [-0.4, -0.2) is 38.8 Å². The first-order chi connectivity index (χ1) is 17.6. The number of nitrogens with one attached hydrogen (secondary N) is 1. The molecule has 0 aliphatic rings. The molecule has 0 unspecified atom stereocenters. The van der Waals surface area contributed by atoms with Crippen LogP contribution < -0.4 is 5.32 Å². The fraction of sp³-hybridized carbons (Fsp3) is 0.172. The first-order valence-electron chi connectivity index (χ1n) is 11.9. The lowest BCUT2D eigenvalue weighted by atomic mass is 10.1. The highest BCUT2D eigenvalue weighted by molar-refractivity contribution is 7.99. The van der Waals surface area contributed by atoms with E-state index >= 15 is 0 Å². The summed E-state index contributed by atoms with van der Waals surface area (Å²) in [5.74, 6) is 1.06. The molecule has 1 aromatic heterocycles. The third-order valence-electron chi connectivity index (χ3n) is 6.06. The van der Waals surface area contributed by atoms with Gasteiger partial charge in [-0.25, -0.2) is 0 Å². The van der Waals surface area contributed by atoms with Crippen molar-refractivity contribution in [2.45, 2.75) is 24.9 Å². The van der Waals surface area contributed by atoms with E-state index < -0.39 is 0 Å². The molecule has 1 amide bonds. The van der Waals surface area contributed by atoms with E-state index in [1.54, 1.807) is 0 Å². The van der Waals surface area contributed by atoms with Gasteiger partial charge in [0.05, 0.1) is 11.4 Å². The van der Waals surface area contributed by atoms with E-state index in [2.05, 4.69) is 44.3 Å². The second-order valence-corrected chi connectivity index (χ2v) is 9.54. The Morgan fingerprint density at radius 2 is 1.61 bits per heavy atom. The van der Waals surface area contributed by atoms with Crippen LogP contribution in [0.5, 0.6) is 0 Å².